The van der Waals surface area contributed by atoms with E-state index in [1.165, 1.54) is 27.9 Å². The molecule has 2 heterocycles. The van der Waals surface area contributed by atoms with E-state index in [-0.39, 0.29) is 5.91 Å². The van der Waals surface area contributed by atoms with Gasteiger partial charge in [-0.2, -0.15) is 0 Å². The molecule has 0 spiro atoms. The molecule has 3 heteroatoms. The van der Waals surface area contributed by atoms with Crippen molar-refractivity contribution in [3.8, 4) is 0 Å². The van der Waals surface area contributed by atoms with Gasteiger partial charge in [0.2, 0.25) is 5.91 Å². The first-order chi connectivity index (χ1) is 14.2. The quantitative estimate of drug-likeness (QED) is 0.647. The van der Waals surface area contributed by atoms with E-state index in [9.17, 15) is 4.79 Å². The molecule has 0 bridgehead atoms. The maximum Gasteiger partial charge on any atom is 0.221 e. The molecule has 3 aromatic rings. The van der Waals surface area contributed by atoms with Gasteiger partial charge in [0, 0.05) is 43.2 Å². The minimum atomic E-state index is -0.0202. The molecule has 3 nitrogen and oxygen atoms in total. The lowest BCUT2D eigenvalue weighted by molar-refractivity contribution is -0.114. The third-order valence-corrected chi connectivity index (χ3v) is 6.34. The molecule has 1 amide bonds. The molecule has 2 aliphatic rings. The Hall–Kier alpha value is -3.07. The summed E-state index contributed by atoms with van der Waals surface area (Å²) >= 11 is 0. The van der Waals surface area contributed by atoms with E-state index >= 15 is 0 Å². The predicted molar refractivity (Wildman–Crippen MR) is 119 cm³/mol. The average molecular weight is 383 g/mol. The first-order valence-electron chi connectivity index (χ1n) is 10.5. The SMILES string of the molecule is CC(=O)Nc1cc2c3c(c1)[C@H](c1ccccc1)CCN3CC[C@@H]2c1ccccc1. The van der Waals surface area contributed by atoms with Crippen molar-refractivity contribution in [1.82, 2.24) is 0 Å². The van der Waals surface area contributed by atoms with Crippen LogP contribution in [0.2, 0.25) is 0 Å². The number of hydrogen-bond donors (Lipinski definition) is 1. The number of rotatable bonds is 3. The highest BCUT2D eigenvalue weighted by Gasteiger charge is 2.35. The van der Waals surface area contributed by atoms with Crippen molar-refractivity contribution in [2.75, 3.05) is 23.3 Å². The largest absolute Gasteiger partial charge is 0.371 e. The number of amides is 1. The zero-order chi connectivity index (χ0) is 19.8. The molecule has 0 unspecified atom stereocenters. The highest BCUT2D eigenvalue weighted by Crippen LogP contribution is 2.49. The van der Waals surface area contributed by atoms with Crippen LogP contribution in [0.25, 0.3) is 0 Å². The molecule has 0 saturated heterocycles. The van der Waals surface area contributed by atoms with Crippen LogP contribution >= 0.6 is 0 Å². The molecule has 0 aromatic heterocycles. The van der Waals surface area contributed by atoms with Crippen molar-refractivity contribution in [1.29, 1.82) is 0 Å². The van der Waals surface area contributed by atoms with Crippen LogP contribution in [-0.4, -0.2) is 19.0 Å². The second kappa shape index (κ2) is 7.40. The summed E-state index contributed by atoms with van der Waals surface area (Å²) in [4.78, 5) is 14.4. The molecule has 29 heavy (non-hydrogen) atoms. The Kier molecular flexibility index (Phi) is 4.59. The van der Waals surface area contributed by atoms with Crippen LogP contribution in [0.15, 0.2) is 72.8 Å². The van der Waals surface area contributed by atoms with E-state index in [0.717, 1.165) is 31.6 Å². The Morgan fingerprint density at radius 3 is 1.76 bits per heavy atom. The normalized spacial score (nSPS) is 20.1. The molecule has 0 saturated carbocycles. The topological polar surface area (TPSA) is 32.3 Å². The molecule has 5 rings (SSSR count). The minimum Gasteiger partial charge on any atom is -0.371 e. The summed E-state index contributed by atoms with van der Waals surface area (Å²) in [5.41, 5.74) is 7.72. The van der Waals surface area contributed by atoms with Gasteiger partial charge in [-0.15, -0.1) is 0 Å². The van der Waals surface area contributed by atoms with Crippen LogP contribution in [-0.2, 0) is 4.79 Å². The third kappa shape index (κ3) is 3.31. The summed E-state index contributed by atoms with van der Waals surface area (Å²) in [6.45, 7) is 3.75. The summed E-state index contributed by atoms with van der Waals surface area (Å²) in [6, 6.07) is 26.0. The van der Waals surface area contributed by atoms with Crippen molar-refractivity contribution >= 4 is 17.3 Å². The first-order valence-corrected chi connectivity index (χ1v) is 10.5. The average Bonchev–Trinajstić information content (AvgIpc) is 2.75. The summed E-state index contributed by atoms with van der Waals surface area (Å²) in [7, 11) is 0. The monoisotopic (exact) mass is 382 g/mol. The van der Waals surface area contributed by atoms with Crippen molar-refractivity contribution in [2.24, 2.45) is 0 Å². The summed E-state index contributed by atoms with van der Waals surface area (Å²) in [6.07, 6.45) is 2.21. The number of anilines is 2. The van der Waals surface area contributed by atoms with Gasteiger partial charge in [-0.3, -0.25) is 4.79 Å². The number of benzene rings is 3. The smallest absolute Gasteiger partial charge is 0.221 e. The molecule has 2 aliphatic heterocycles. The van der Waals surface area contributed by atoms with Crippen molar-refractivity contribution in [2.45, 2.75) is 31.6 Å². The van der Waals surface area contributed by atoms with Gasteiger partial charge in [0.05, 0.1) is 0 Å². The van der Waals surface area contributed by atoms with E-state index in [1.54, 1.807) is 6.92 Å². The summed E-state index contributed by atoms with van der Waals surface area (Å²) in [5.74, 6) is 0.710. The Labute approximate surface area is 172 Å². The van der Waals surface area contributed by atoms with Crippen molar-refractivity contribution < 1.29 is 4.79 Å². The van der Waals surface area contributed by atoms with Crippen molar-refractivity contribution in [3.05, 3.63) is 95.1 Å². The second-order valence-electron chi connectivity index (χ2n) is 8.18. The summed E-state index contributed by atoms with van der Waals surface area (Å²) in [5, 5.41) is 3.06. The zero-order valence-corrected chi connectivity index (χ0v) is 16.8. The predicted octanol–water partition coefficient (Wildman–Crippen LogP) is 5.52. The van der Waals surface area contributed by atoms with Gasteiger partial charge >= 0.3 is 0 Å². The van der Waals surface area contributed by atoms with Gasteiger partial charge < -0.3 is 10.2 Å². The molecular formula is C26H26N2O. The zero-order valence-electron chi connectivity index (χ0n) is 16.8. The fourth-order valence-electron chi connectivity index (χ4n) is 5.13. The standard InChI is InChI=1S/C26H26N2O/c1-18(29)27-21-16-24-22(19-8-4-2-5-9-19)12-14-28-15-13-23(25(17-21)26(24)28)20-10-6-3-7-11-20/h2-11,16-17,22-23H,12-15H2,1H3,(H,27,29)/t22-,23+. The van der Waals surface area contributed by atoms with Crippen LogP contribution in [0, 0.1) is 0 Å². The lowest BCUT2D eigenvalue weighted by atomic mass is 9.76. The first kappa shape index (κ1) is 18.0. The molecule has 0 radical (unpaired) electrons. The van der Waals surface area contributed by atoms with Gasteiger partial charge in [-0.25, -0.2) is 0 Å². The second-order valence-corrected chi connectivity index (χ2v) is 8.18. The fourth-order valence-corrected chi connectivity index (χ4v) is 5.13. The highest BCUT2D eigenvalue weighted by molar-refractivity contribution is 5.90. The van der Waals surface area contributed by atoms with Crippen LogP contribution < -0.4 is 10.2 Å². The lowest BCUT2D eigenvalue weighted by Gasteiger charge is -2.43. The van der Waals surface area contributed by atoms with Gasteiger partial charge in [0.25, 0.3) is 0 Å². The van der Waals surface area contributed by atoms with Crippen molar-refractivity contribution in [3.63, 3.8) is 0 Å². The number of carbonyl (C=O) groups is 1. The van der Waals surface area contributed by atoms with Crippen LogP contribution in [0.1, 0.15) is 53.9 Å². The minimum absolute atomic E-state index is 0.0202. The van der Waals surface area contributed by atoms with E-state index < -0.39 is 0 Å². The molecule has 0 fully saturated rings. The van der Waals surface area contributed by atoms with Gasteiger partial charge in [-0.05, 0) is 47.2 Å². The Morgan fingerprint density at radius 1 is 0.828 bits per heavy atom. The van der Waals surface area contributed by atoms with Crippen LogP contribution in [0.3, 0.4) is 0 Å². The number of hydrogen-bond acceptors (Lipinski definition) is 2. The lowest BCUT2D eigenvalue weighted by Crippen LogP contribution is -2.37. The Bertz CT molecular complexity index is 957. The number of nitrogens with one attached hydrogen (secondary N) is 1. The molecule has 3 aromatic carbocycles. The highest BCUT2D eigenvalue weighted by atomic mass is 16.1. The van der Waals surface area contributed by atoms with E-state index in [2.05, 4.69) is 83.0 Å². The maximum atomic E-state index is 11.8. The number of carbonyl (C=O) groups excluding carboxylic acids is 1. The van der Waals surface area contributed by atoms with Gasteiger partial charge in [-0.1, -0.05) is 60.7 Å². The number of nitrogens with zero attached hydrogens (tertiary/aromatic N) is 1. The van der Waals surface area contributed by atoms with E-state index in [4.69, 9.17) is 0 Å². The van der Waals surface area contributed by atoms with Crippen LogP contribution in [0.4, 0.5) is 11.4 Å². The summed E-state index contributed by atoms with van der Waals surface area (Å²) < 4.78 is 0. The molecule has 2 atom stereocenters. The molecule has 0 aliphatic carbocycles. The van der Waals surface area contributed by atoms with Crippen LogP contribution in [0.5, 0.6) is 0 Å². The molecular weight excluding hydrogens is 356 g/mol. The van der Waals surface area contributed by atoms with Gasteiger partial charge in [0.15, 0.2) is 0 Å². The molecule has 146 valence electrons. The Balaban J connectivity index is 1.69. The van der Waals surface area contributed by atoms with Gasteiger partial charge in [0.1, 0.15) is 0 Å². The fraction of sp³-hybridized carbons (Fsp3) is 0.269. The third-order valence-electron chi connectivity index (χ3n) is 6.34. The maximum absolute atomic E-state index is 11.8. The molecule has 1 N–H and O–H groups in total. The Morgan fingerprint density at radius 2 is 1.31 bits per heavy atom. The van der Waals surface area contributed by atoms with E-state index in [1.807, 2.05) is 0 Å². The van der Waals surface area contributed by atoms with E-state index in [0.29, 0.717) is 11.8 Å².